The van der Waals surface area contributed by atoms with Gasteiger partial charge in [-0.15, -0.1) is 0 Å². The molecule has 108 valence electrons. The van der Waals surface area contributed by atoms with Crippen LogP contribution in [0.4, 0.5) is 0 Å². The molecule has 0 saturated carbocycles. The number of aryl methyl sites for hydroxylation is 2. The molecule has 0 radical (unpaired) electrons. The number of furan rings is 1. The second-order valence-electron chi connectivity index (χ2n) is 4.00. The molecule has 2 heterocycles. The standard InChI is InChI=1S/C11H12N2O6S/c1-6-7(2)18-9(13-6)5-12-20(16,17)10-4-3-8(19-10)11(14)15/h3-4,12H,5H2,1-2H3,(H,14,15). The normalized spacial score (nSPS) is 11.7. The fourth-order valence-electron chi connectivity index (χ4n) is 1.42. The van der Waals surface area contributed by atoms with Crippen molar-refractivity contribution in [2.24, 2.45) is 0 Å². The van der Waals surface area contributed by atoms with Gasteiger partial charge in [-0.3, -0.25) is 0 Å². The Bertz CT molecular complexity index is 723. The molecule has 8 nitrogen and oxygen atoms in total. The first-order valence-corrected chi connectivity index (χ1v) is 7.03. The monoisotopic (exact) mass is 300 g/mol. The Kier molecular flexibility index (Phi) is 3.64. The molecule has 2 rings (SSSR count). The zero-order valence-electron chi connectivity index (χ0n) is 10.7. The summed E-state index contributed by atoms with van der Waals surface area (Å²) < 4.78 is 35.9. The number of sulfonamides is 1. The van der Waals surface area contributed by atoms with E-state index in [9.17, 15) is 13.2 Å². The van der Waals surface area contributed by atoms with E-state index in [0.717, 1.165) is 12.1 Å². The Labute approximate surface area is 114 Å². The number of nitrogens with zero attached hydrogens (tertiary/aromatic N) is 1. The van der Waals surface area contributed by atoms with E-state index in [-0.39, 0.29) is 12.4 Å². The highest BCUT2D eigenvalue weighted by Crippen LogP contribution is 2.15. The Balaban J connectivity index is 2.12. The highest BCUT2D eigenvalue weighted by atomic mass is 32.2. The number of rotatable bonds is 5. The summed E-state index contributed by atoms with van der Waals surface area (Å²) in [6.45, 7) is 3.30. The van der Waals surface area contributed by atoms with Crippen LogP contribution in [0.3, 0.4) is 0 Å². The van der Waals surface area contributed by atoms with Crippen molar-refractivity contribution in [3.05, 3.63) is 35.2 Å². The van der Waals surface area contributed by atoms with Gasteiger partial charge in [-0.1, -0.05) is 0 Å². The molecule has 0 unspecified atom stereocenters. The smallest absolute Gasteiger partial charge is 0.371 e. The van der Waals surface area contributed by atoms with Gasteiger partial charge in [0.1, 0.15) is 5.76 Å². The largest absolute Gasteiger partial charge is 0.475 e. The molecule has 2 N–H and O–H groups in total. The molecule has 9 heteroatoms. The number of oxazole rings is 1. The number of hydrogen-bond acceptors (Lipinski definition) is 6. The number of aromatic carboxylic acids is 1. The molecular formula is C11H12N2O6S. The second-order valence-corrected chi connectivity index (χ2v) is 5.70. The summed E-state index contributed by atoms with van der Waals surface area (Å²) in [5, 5.41) is 8.19. The van der Waals surface area contributed by atoms with Crippen LogP contribution in [0.1, 0.15) is 27.9 Å². The first kappa shape index (κ1) is 14.3. The summed E-state index contributed by atoms with van der Waals surface area (Å²) in [6, 6.07) is 2.13. The predicted molar refractivity (Wildman–Crippen MR) is 65.7 cm³/mol. The van der Waals surface area contributed by atoms with Crippen molar-refractivity contribution in [1.82, 2.24) is 9.71 Å². The summed E-state index contributed by atoms with van der Waals surface area (Å²) >= 11 is 0. The van der Waals surface area contributed by atoms with Crippen molar-refractivity contribution in [2.75, 3.05) is 0 Å². The third kappa shape index (κ3) is 2.89. The van der Waals surface area contributed by atoms with Gasteiger partial charge in [0.05, 0.1) is 12.2 Å². The lowest BCUT2D eigenvalue weighted by molar-refractivity contribution is 0.0656. The summed E-state index contributed by atoms with van der Waals surface area (Å²) in [5.74, 6) is -0.975. The van der Waals surface area contributed by atoms with E-state index in [0.29, 0.717) is 11.5 Å². The number of aromatic nitrogens is 1. The quantitative estimate of drug-likeness (QED) is 0.846. The van der Waals surface area contributed by atoms with Gasteiger partial charge < -0.3 is 13.9 Å². The fraction of sp³-hybridized carbons (Fsp3) is 0.273. The first-order chi connectivity index (χ1) is 9.29. The summed E-state index contributed by atoms with van der Waals surface area (Å²) in [4.78, 5) is 14.6. The van der Waals surface area contributed by atoms with Gasteiger partial charge in [0.15, 0.2) is 0 Å². The van der Waals surface area contributed by atoms with E-state index in [4.69, 9.17) is 13.9 Å². The van der Waals surface area contributed by atoms with Crippen LogP contribution in [-0.4, -0.2) is 24.5 Å². The van der Waals surface area contributed by atoms with E-state index in [1.807, 2.05) is 0 Å². The molecule has 0 aliphatic heterocycles. The van der Waals surface area contributed by atoms with Crippen LogP contribution >= 0.6 is 0 Å². The highest BCUT2D eigenvalue weighted by Gasteiger charge is 2.21. The van der Waals surface area contributed by atoms with Gasteiger partial charge in [-0.2, -0.15) is 4.72 Å². The van der Waals surface area contributed by atoms with Crippen molar-refractivity contribution >= 4 is 16.0 Å². The third-order valence-electron chi connectivity index (χ3n) is 2.54. The summed E-state index contributed by atoms with van der Waals surface area (Å²) in [6.07, 6.45) is 0. The Morgan fingerprint density at radius 2 is 2.05 bits per heavy atom. The summed E-state index contributed by atoms with van der Waals surface area (Å²) in [5.41, 5.74) is 0.672. The number of carboxylic acid groups (broad SMARTS) is 1. The highest BCUT2D eigenvalue weighted by molar-refractivity contribution is 7.89. The van der Waals surface area contributed by atoms with Gasteiger partial charge in [-0.25, -0.2) is 18.2 Å². The predicted octanol–water partition coefficient (Wildman–Crippen LogP) is 1.06. The third-order valence-corrected chi connectivity index (χ3v) is 3.82. The Hall–Kier alpha value is -2.13. The van der Waals surface area contributed by atoms with Gasteiger partial charge in [0.2, 0.25) is 16.7 Å². The molecule has 20 heavy (non-hydrogen) atoms. The lowest BCUT2D eigenvalue weighted by atomic mass is 10.4. The molecule has 0 fully saturated rings. The lowest BCUT2D eigenvalue weighted by Gasteiger charge is -2.00. The van der Waals surface area contributed by atoms with Crippen LogP contribution in [0.15, 0.2) is 26.1 Å². The van der Waals surface area contributed by atoms with E-state index in [1.165, 1.54) is 0 Å². The molecule has 0 spiro atoms. The Morgan fingerprint density at radius 3 is 2.55 bits per heavy atom. The molecule has 2 aromatic rings. The van der Waals surface area contributed by atoms with Crippen molar-refractivity contribution in [1.29, 1.82) is 0 Å². The van der Waals surface area contributed by atoms with Crippen LogP contribution < -0.4 is 4.72 Å². The maximum Gasteiger partial charge on any atom is 0.371 e. The first-order valence-electron chi connectivity index (χ1n) is 5.55. The van der Waals surface area contributed by atoms with Crippen molar-refractivity contribution < 1.29 is 27.2 Å². The van der Waals surface area contributed by atoms with Crippen LogP contribution in [-0.2, 0) is 16.6 Å². The summed E-state index contributed by atoms with van der Waals surface area (Å²) in [7, 11) is -3.95. The number of carboxylic acids is 1. The molecule has 0 aliphatic carbocycles. The van der Waals surface area contributed by atoms with Crippen LogP contribution in [0.25, 0.3) is 0 Å². The van der Waals surface area contributed by atoms with Crippen molar-refractivity contribution in [3.8, 4) is 0 Å². The van der Waals surface area contributed by atoms with Crippen LogP contribution in [0.5, 0.6) is 0 Å². The lowest BCUT2D eigenvalue weighted by Crippen LogP contribution is -2.23. The topological polar surface area (TPSA) is 123 Å². The molecule has 0 amide bonds. The van der Waals surface area contributed by atoms with E-state index < -0.39 is 26.8 Å². The minimum Gasteiger partial charge on any atom is -0.475 e. The Morgan fingerprint density at radius 1 is 1.35 bits per heavy atom. The van der Waals surface area contributed by atoms with Gasteiger partial charge >= 0.3 is 5.97 Å². The van der Waals surface area contributed by atoms with Crippen LogP contribution in [0, 0.1) is 13.8 Å². The maximum absolute atomic E-state index is 11.9. The number of carbonyl (C=O) groups is 1. The zero-order valence-corrected chi connectivity index (χ0v) is 11.5. The molecule has 0 atom stereocenters. The maximum atomic E-state index is 11.9. The van der Waals surface area contributed by atoms with Gasteiger partial charge in [-0.05, 0) is 26.0 Å². The molecule has 0 aliphatic rings. The molecular weight excluding hydrogens is 288 g/mol. The van der Waals surface area contributed by atoms with Crippen LogP contribution in [0.2, 0.25) is 0 Å². The van der Waals surface area contributed by atoms with E-state index >= 15 is 0 Å². The zero-order chi connectivity index (χ0) is 14.9. The average Bonchev–Trinajstić information content (AvgIpc) is 2.96. The van der Waals surface area contributed by atoms with Crippen molar-refractivity contribution in [2.45, 2.75) is 25.5 Å². The van der Waals surface area contributed by atoms with Crippen molar-refractivity contribution in [3.63, 3.8) is 0 Å². The minimum absolute atomic E-state index is 0.153. The number of hydrogen-bond donors (Lipinski definition) is 2. The second kappa shape index (κ2) is 5.10. The molecule has 0 saturated heterocycles. The molecule has 2 aromatic heterocycles. The van der Waals surface area contributed by atoms with Gasteiger partial charge in [0, 0.05) is 0 Å². The van der Waals surface area contributed by atoms with Gasteiger partial charge in [0.25, 0.3) is 10.0 Å². The average molecular weight is 300 g/mol. The fourth-order valence-corrected chi connectivity index (χ4v) is 2.32. The van der Waals surface area contributed by atoms with E-state index in [2.05, 4.69) is 9.71 Å². The number of nitrogens with one attached hydrogen (secondary N) is 1. The SMILES string of the molecule is Cc1nc(CNS(=O)(=O)c2ccc(C(=O)O)o2)oc1C. The minimum atomic E-state index is -3.95. The molecule has 0 aromatic carbocycles. The molecule has 0 bridgehead atoms. The van der Waals surface area contributed by atoms with E-state index in [1.54, 1.807) is 13.8 Å².